The second-order valence-corrected chi connectivity index (χ2v) is 25.6. The lowest BCUT2D eigenvalue weighted by atomic mass is 10.0. The fourth-order valence-corrected chi connectivity index (χ4v) is 11.6. The number of hydrogen-bond acceptors (Lipinski definition) is 6. The van der Waals surface area contributed by atoms with Gasteiger partial charge in [0.2, 0.25) is 0 Å². The van der Waals surface area contributed by atoms with E-state index in [4.69, 9.17) is 14.2 Å². The van der Waals surface area contributed by atoms with Gasteiger partial charge < -0.3 is 14.2 Å². The van der Waals surface area contributed by atoms with Crippen molar-refractivity contribution in [1.82, 2.24) is 0 Å². The summed E-state index contributed by atoms with van der Waals surface area (Å²) in [4.78, 5) is 38.5. The van der Waals surface area contributed by atoms with Crippen molar-refractivity contribution in [2.24, 2.45) is 0 Å². The molecule has 1 atom stereocenters. The number of esters is 3. The summed E-state index contributed by atoms with van der Waals surface area (Å²) in [6, 6.07) is 0. The lowest BCUT2D eigenvalue weighted by molar-refractivity contribution is -0.167. The van der Waals surface area contributed by atoms with E-state index >= 15 is 0 Å². The maximum absolute atomic E-state index is 13.0. The topological polar surface area (TPSA) is 78.9 Å². The Balaban J connectivity index is 4.26. The molecule has 0 saturated carbocycles. The van der Waals surface area contributed by atoms with E-state index in [2.05, 4.69) is 45.1 Å². The molecule has 0 bridgehead atoms. The fourth-order valence-electron chi connectivity index (χ4n) is 11.6. The predicted octanol–water partition coefficient (Wildman–Crippen LogP) is 25.7. The van der Waals surface area contributed by atoms with Crippen LogP contribution >= 0.6 is 0 Å². The van der Waals surface area contributed by atoms with Crippen LogP contribution in [0.15, 0.2) is 24.3 Å². The summed E-state index contributed by atoms with van der Waals surface area (Å²) in [6.07, 6.45) is 87.9. The number of unbranched alkanes of at least 4 members (excludes halogenated alkanes) is 55. The van der Waals surface area contributed by atoms with Crippen molar-refractivity contribution >= 4 is 17.9 Å². The van der Waals surface area contributed by atoms with E-state index in [-0.39, 0.29) is 31.1 Å². The third-order valence-electron chi connectivity index (χ3n) is 17.2. The van der Waals surface area contributed by atoms with Gasteiger partial charge in [0.05, 0.1) is 0 Å². The largest absolute Gasteiger partial charge is 0.462 e. The number of allylic oxidation sites excluding steroid dienone is 4. The van der Waals surface area contributed by atoms with Crippen LogP contribution in [0.2, 0.25) is 0 Å². The molecule has 6 heteroatoms. The van der Waals surface area contributed by atoms with E-state index in [1.54, 1.807) is 0 Å². The molecule has 0 heterocycles. The maximum Gasteiger partial charge on any atom is 0.306 e. The van der Waals surface area contributed by atoms with Crippen LogP contribution in [0.4, 0.5) is 0 Å². The summed E-state index contributed by atoms with van der Waals surface area (Å²) in [7, 11) is 0. The van der Waals surface area contributed by atoms with Gasteiger partial charge >= 0.3 is 17.9 Å². The van der Waals surface area contributed by atoms with Crippen molar-refractivity contribution in [3.05, 3.63) is 24.3 Å². The van der Waals surface area contributed by atoms with E-state index in [0.29, 0.717) is 19.3 Å². The van der Waals surface area contributed by atoms with Gasteiger partial charge in [-0.25, -0.2) is 0 Å². The summed E-state index contributed by atoms with van der Waals surface area (Å²) in [6.45, 7) is 6.72. The predicted molar refractivity (Wildman–Crippen MR) is 358 cm³/mol. The second kappa shape index (κ2) is 71.4. The molecule has 6 nitrogen and oxygen atoms in total. The molecule has 0 fully saturated rings. The zero-order valence-electron chi connectivity index (χ0n) is 55.8. The minimum absolute atomic E-state index is 0.0682. The molecule has 0 aromatic carbocycles. The van der Waals surface area contributed by atoms with E-state index < -0.39 is 6.10 Å². The van der Waals surface area contributed by atoms with E-state index in [0.717, 1.165) is 64.2 Å². The van der Waals surface area contributed by atoms with Crippen LogP contribution < -0.4 is 0 Å². The highest BCUT2D eigenvalue weighted by atomic mass is 16.6. The van der Waals surface area contributed by atoms with Crippen molar-refractivity contribution in [3.63, 3.8) is 0 Å². The average Bonchev–Trinajstić information content (AvgIpc) is 3.48. The van der Waals surface area contributed by atoms with Crippen LogP contribution in [-0.2, 0) is 28.6 Å². The molecule has 484 valence electrons. The van der Waals surface area contributed by atoms with Crippen molar-refractivity contribution < 1.29 is 28.6 Å². The number of rotatable bonds is 70. The quantitative estimate of drug-likeness (QED) is 0.0261. The summed E-state index contributed by atoms with van der Waals surface area (Å²) in [5.41, 5.74) is 0. The van der Waals surface area contributed by atoms with Crippen molar-refractivity contribution in [1.29, 1.82) is 0 Å². The van der Waals surface area contributed by atoms with Crippen LogP contribution in [0.25, 0.3) is 0 Å². The normalized spacial score (nSPS) is 12.1. The first-order valence-electron chi connectivity index (χ1n) is 37.3. The Kier molecular flexibility index (Phi) is 69.5. The van der Waals surface area contributed by atoms with E-state index in [1.165, 1.54) is 321 Å². The number of hydrogen-bond donors (Lipinski definition) is 0. The van der Waals surface area contributed by atoms with Crippen molar-refractivity contribution in [3.8, 4) is 0 Å². The first kappa shape index (κ1) is 79.9. The van der Waals surface area contributed by atoms with E-state index in [1.807, 2.05) is 0 Å². The van der Waals surface area contributed by atoms with Gasteiger partial charge in [-0.3, -0.25) is 14.4 Å². The molecule has 1 unspecified atom stereocenters. The monoisotopic (exact) mass is 1150 g/mol. The van der Waals surface area contributed by atoms with Gasteiger partial charge in [0.1, 0.15) is 13.2 Å². The highest BCUT2D eigenvalue weighted by molar-refractivity contribution is 5.71. The standard InChI is InChI=1S/C76H144O6/c1-4-7-10-13-16-19-22-25-28-31-33-35-37-38-40-41-43-45-48-51-54-57-60-63-66-69-75(78)81-72-73(71-80-74(77)68-65-62-59-56-53-50-47-30-27-24-21-18-15-12-9-6-3)82-76(79)70-67-64-61-58-55-52-49-46-44-42-39-36-34-32-29-26-23-20-17-14-11-8-5-2/h30,32,34,47,73H,4-29,31,33,35-46,48-72H2,1-3H3/b34-32-,47-30-. The van der Waals surface area contributed by atoms with Gasteiger partial charge in [-0.05, 0) is 70.6 Å². The molecule has 0 saturated heterocycles. The van der Waals surface area contributed by atoms with Gasteiger partial charge in [-0.1, -0.05) is 360 Å². The van der Waals surface area contributed by atoms with Crippen molar-refractivity contribution in [2.75, 3.05) is 13.2 Å². The Labute approximate surface area is 513 Å². The zero-order valence-corrected chi connectivity index (χ0v) is 55.8. The third kappa shape index (κ3) is 68.7. The van der Waals surface area contributed by atoms with Gasteiger partial charge in [0.15, 0.2) is 6.10 Å². The van der Waals surface area contributed by atoms with Gasteiger partial charge in [0.25, 0.3) is 0 Å². The molecule has 0 radical (unpaired) electrons. The molecular weight excluding hydrogens is 1010 g/mol. The second-order valence-electron chi connectivity index (χ2n) is 25.6. The zero-order chi connectivity index (χ0) is 59.2. The maximum atomic E-state index is 13.0. The summed E-state index contributed by atoms with van der Waals surface area (Å²) in [5, 5.41) is 0. The molecular formula is C76H144O6. The Morgan fingerprint density at radius 2 is 0.402 bits per heavy atom. The smallest absolute Gasteiger partial charge is 0.306 e. The number of carbonyl (C=O) groups excluding carboxylic acids is 3. The molecule has 0 aromatic heterocycles. The molecule has 0 aliphatic carbocycles. The first-order chi connectivity index (χ1) is 40.5. The summed E-state index contributed by atoms with van der Waals surface area (Å²) < 4.78 is 17.0. The lowest BCUT2D eigenvalue weighted by Gasteiger charge is -2.18. The molecule has 0 rings (SSSR count). The molecule has 0 amide bonds. The molecule has 82 heavy (non-hydrogen) atoms. The highest BCUT2D eigenvalue weighted by Crippen LogP contribution is 2.19. The average molecular weight is 1150 g/mol. The number of carbonyl (C=O) groups is 3. The Hall–Kier alpha value is -2.11. The Morgan fingerprint density at radius 3 is 0.610 bits per heavy atom. The van der Waals surface area contributed by atoms with Gasteiger partial charge in [0, 0.05) is 19.3 Å². The summed E-state index contributed by atoms with van der Waals surface area (Å²) >= 11 is 0. The number of ether oxygens (including phenoxy) is 3. The highest BCUT2D eigenvalue weighted by Gasteiger charge is 2.20. The molecule has 0 N–H and O–H groups in total. The minimum Gasteiger partial charge on any atom is -0.462 e. The molecule has 0 aromatic rings. The molecule has 0 aliphatic rings. The van der Waals surface area contributed by atoms with Crippen LogP contribution in [0.1, 0.15) is 425 Å². The van der Waals surface area contributed by atoms with Crippen LogP contribution in [-0.4, -0.2) is 37.2 Å². The third-order valence-corrected chi connectivity index (χ3v) is 17.2. The fraction of sp³-hybridized carbons (Fsp3) is 0.908. The van der Waals surface area contributed by atoms with E-state index in [9.17, 15) is 14.4 Å². The van der Waals surface area contributed by atoms with Crippen molar-refractivity contribution in [2.45, 2.75) is 431 Å². The minimum atomic E-state index is -0.774. The molecule has 0 aliphatic heterocycles. The lowest BCUT2D eigenvalue weighted by Crippen LogP contribution is -2.30. The molecule has 0 spiro atoms. The first-order valence-corrected chi connectivity index (χ1v) is 37.3. The SMILES string of the molecule is CCCCCCCCC/C=C\CCCCCCCC(=O)OCC(COC(=O)CCCCCCCCCCCCCCCCCCCCCCCCCCC)OC(=O)CCCCCCCCCCCCC/C=C\CCCCCCCCCC. The van der Waals surface area contributed by atoms with Crippen LogP contribution in [0, 0.1) is 0 Å². The van der Waals surface area contributed by atoms with Gasteiger partial charge in [-0.15, -0.1) is 0 Å². The van der Waals surface area contributed by atoms with Crippen LogP contribution in [0.3, 0.4) is 0 Å². The summed E-state index contributed by atoms with van der Waals surface area (Å²) in [5.74, 6) is -0.843. The van der Waals surface area contributed by atoms with Crippen LogP contribution in [0.5, 0.6) is 0 Å². The Bertz CT molecular complexity index is 1320. The Morgan fingerprint density at radius 1 is 0.232 bits per heavy atom. The van der Waals surface area contributed by atoms with Gasteiger partial charge in [-0.2, -0.15) is 0 Å².